The maximum absolute atomic E-state index is 9.56. The molecule has 1 heterocycles. The first-order valence-corrected chi connectivity index (χ1v) is 4.80. The van der Waals surface area contributed by atoms with E-state index in [1.165, 1.54) is 5.37 Å². The van der Waals surface area contributed by atoms with E-state index in [9.17, 15) is 5.11 Å². The van der Waals surface area contributed by atoms with Crippen molar-refractivity contribution in [1.82, 2.24) is 0 Å². The van der Waals surface area contributed by atoms with Crippen molar-refractivity contribution in [1.29, 1.82) is 0 Å². The van der Waals surface area contributed by atoms with Crippen LogP contribution in [0.2, 0.25) is 0 Å². The van der Waals surface area contributed by atoms with Crippen molar-refractivity contribution in [3.05, 3.63) is 24.3 Å². The van der Waals surface area contributed by atoms with E-state index in [1.54, 1.807) is 4.58 Å². The number of benzene rings is 1. The number of nitrogens with zero attached hydrogens (tertiary/aromatic N) is 1. The summed E-state index contributed by atoms with van der Waals surface area (Å²) in [5, 5.41) is 10.8. The lowest BCUT2D eigenvalue weighted by Gasteiger charge is -2.14. The second kappa shape index (κ2) is 3.75. The first kappa shape index (κ1) is 9.15. The summed E-state index contributed by atoms with van der Waals surface area (Å²) in [5.74, 6) is 0.873. The Hall–Kier alpha value is -1.42. The van der Waals surface area contributed by atoms with Crippen LogP contribution < -0.4 is 4.74 Å². The average molecular weight is 208 g/mol. The van der Waals surface area contributed by atoms with E-state index in [0.29, 0.717) is 13.2 Å². The van der Waals surface area contributed by atoms with Gasteiger partial charge in [0.25, 0.3) is 5.69 Å². The summed E-state index contributed by atoms with van der Waals surface area (Å²) < 4.78 is 7.18. The summed E-state index contributed by atoms with van der Waals surface area (Å²) in [6, 6.07) is 7.57. The highest BCUT2D eigenvalue weighted by atomic mass is 32.1. The molecule has 72 valence electrons. The summed E-state index contributed by atoms with van der Waals surface area (Å²) >= 11 is 4.69. The van der Waals surface area contributed by atoms with Crippen LogP contribution in [0.15, 0.2) is 24.3 Å². The Morgan fingerprint density at radius 2 is 2.29 bits per heavy atom. The Kier molecular flexibility index (Phi) is 2.45. The van der Waals surface area contributed by atoms with Crippen LogP contribution in [0.25, 0.3) is 0 Å². The third-order valence-electron chi connectivity index (χ3n) is 2.11. The first-order chi connectivity index (χ1) is 6.83. The minimum atomic E-state index is 0.0933. The number of fused-ring (bicyclic) bond motifs is 1. The molecule has 0 bridgehead atoms. The molecule has 14 heavy (non-hydrogen) atoms. The van der Waals surface area contributed by atoms with Gasteiger partial charge in [-0.25, -0.2) is 0 Å². The van der Waals surface area contributed by atoms with Crippen LogP contribution in [0.5, 0.6) is 5.75 Å². The number of thiocarbonyl (C=S) groups is 1. The molecule has 1 N–H and O–H groups in total. The SMILES string of the molecule is OC(C=S)=[N+]1CCOc2ccccc21. The zero-order valence-electron chi connectivity index (χ0n) is 7.51. The number of hydrogen-bond donors (Lipinski definition) is 1. The van der Waals surface area contributed by atoms with Gasteiger partial charge in [0.15, 0.2) is 12.3 Å². The van der Waals surface area contributed by atoms with Crippen LogP contribution in [0.4, 0.5) is 5.69 Å². The summed E-state index contributed by atoms with van der Waals surface area (Å²) in [6.07, 6.45) is 0. The maximum atomic E-state index is 9.56. The number of rotatable bonds is 1. The molecule has 0 aliphatic carbocycles. The number of ether oxygens (including phenoxy) is 1. The van der Waals surface area contributed by atoms with Crippen LogP contribution in [0, 0.1) is 0 Å². The molecule has 2 rings (SSSR count). The van der Waals surface area contributed by atoms with Gasteiger partial charge in [0.1, 0.15) is 12.0 Å². The third kappa shape index (κ3) is 1.48. The monoisotopic (exact) mass is 208 g/mol. The highest BCUT2D eigenvalue weighted by Crippen LogP contribution is 2.29. The van der Waals surface area contributed by atoms with Crippen LogP contribution in [0.1, 0.15) is 0 Å². The molecular formula is C10H10NO2S+. The summed E-state index contributed by atoms with van der Waals surface area (Å²) in [6.45, 7) is 1.18. The lowest BCUT2D eigenvalue weighted by molar-refractivity contribution is -0.457. The minimum absolute atomic E-state index is 0.0933. The Labute approximate surface area is 87.3 Å². The Morgan fingerprint density at radius 3 is 3.07 bits per heavy atom. The number of para-hydroxylation sites is 2. The van der Waals surface area contributed by atoms with Gasteiger partial charge in [0.2, 0.25) is 0 Å². The predicted molar refractivity (Wildman–Crippen MR) is 58.0 cm³/mol. The van der Waals surface area contributed by atoms with Gasteiger partial charge in [-0.05, 0) is 6.07 Å². The second-order valence-corrected chi connectivity index (χ2v) is 3.18. The fourth-order valence-corrected chi connectivity index (χ4v) is 1.60. The van der Waals surface area contributed by atoms with Crippen molar-refractivity contribution >= 4 is 29.2 Å². The molecule has 1 aromatic rings. The molecule has 0 radical (unpaired) electrons. The molecule has 1 aromatic carbocycles. The summed E-state index contributed by atoms with van der Waals surface area (Å²) in [5.41, 5.74) is 0.859. The van der Waals surface area contributed by atoms with Gasteiger partial charge >= 0.3 is 5.90 Å². The normalized spacial score (nSPS) is 18.0. The molecule has 4 heteroatoms. The van der Waals surface area contributed by atoms with E-state index < -0.39 is 0 Å². The Bertz CT molecular complexity index is 401. The Morgan fingerprint density at radius 1 is 1.50 bits per heavy atom. The largest absolute Gasteiger partial charge is 0.480 e. The first-order valence-electron chi connectivity index (χ1n) is 4.33. The van der Waals surface area contributed by atoms with Crippen LogP contribution in [0.3, 0.4) is 0 Å². The third-order valence-corrected chi connectivity index (χ3v) is 2.32. The van der Waals surface area contributed by atoms with E-state index in [1.807, 2.05) is 24.3 Å². The minimum Gasteiger partial charge on any atom is -0.480 e. The van der Waals surface area contributed by atoms with Crippen molar-refractivity contribution in [2.45, 2.75) is 0 Å². The van der Waals surface area contributed by atoms with Gasteiger partial charge in [0.05, 0.1) is 0 Å². The zero-order chi connectivity index (χ0) is 9.97. The van der Waals surface area contributed by atoms with Crippen molar-refractivity contribution in [3.8, 4) is 5.75 Å². The van der Waals surface area contributed by atoms with Crippen molar-refractivity contribution in [2.75, 3.05) is 13.2 Å². The lowest BCUT2D eigenvalue weighted by Crippen LogP contribution is -2.26. The second-order valence-electron chi connectivity index (χ2n) is 2.94. The van der Waals surface area contributed by atoms with Gasteiger partial charge in [-0.15, -0.1) is 0 Å². The smallest absolute Gasteiger partial charge is 0.377 e. The molecule has 1 aliphatic heterocycles. The number of hydrogen-bond acceptors (Lipinski definition) is 2. The summed E-state index contributed by atoms with van der Waals surface area (Å²) in [7, 11) is 0. The van der Waals surface area contributed by atoms with Crippen LogP contribution in [-0.4, -0.2) is 34.1 Å². The quantitative estimate of drug-likeness (QED) is 0.433. The fourth-order valence-electron chi connectivity index (χ4n) is 1.47. The molecule has 0 unspecified atom stereocenters. The van der Waals surface area contributed by atoms with E-state index in [4.69, 9.17) is 17.0 Å². The zero-order valence-corrected chi connectivity index (χ0v) is 8.33. The molecule has 0 saturated carbocycles. The van der Waals surface area contributed by atoms with Crippen molar-refractivity contribution < 1.29 is 14.4 Å². The number of aliphatic hydroxyl groups excluding tert-OH is 1. The topological polar surface area (TPSA) is 32.5 Å². The van der Waals surface area contributed by atoms with E-state index in [-0.39, 0.29) is 5.90 Å². The molecule has 0 spiro atoms. The molecule has 3 nitrogen and oxygen atoms in total. The van der Waals surface area contributed by atoms with Gasteiger partial charge < -0.3 is 9.84 Å². The molecule has 0 amide bonds. The van der Waals surface area contributed by atoms with E-state index in [0.717, 1.165) is 11.4 Å². The van der Waals surface area contributed by atoms with Crippen molar-refractivity contribution in [2.24, 2.45) is 0 Å². The standard InChI is InChI=1S/C10H9NO2S/c12-10(7-14)11-5-6-13-9-4-2-1-3-8(9)11/h1-4,7H,5-6H2/p+1. The summed E-state index contributed by atoms with van der Waals surface area (Å²) in [4.78, 5) is 0. The molecule has 0 fully saturated rings. The van der Waals surface area contributed by atoms with Gasteiger partial charge in [0, 0.05) is 6.07 Å². The Balaban J connectivity index is 2.56. The van der Waals surface area contributed by atoms with E-state index in [2.05, 4.69) is 0 Å². The molecule has 0 atom stereocenters. The highest BCUT2D eigenvalue weighted by molar-refractivity contribution is 7.80. The molecule has 1 aliphatic rings. The van der Waals surface area contributed by atoms with Gasteiger partial charge in [-0.3, -0.25) is 0 Å². The van der Waals surface area contributed by atoms with Crippen LogP contribution in [-0.2, 0) is 0 Å². The molecule has 0 aromatic heterocycles. The number of aliphatic hydroxyl groups is 1. The van der Waals surface area contributed by atoms with Gasteiger partial charge in [-0.1, -0.05) is 24.4 Å². The van der Waals surface area contributed by atoms with Gasteiger partial charge in [-0.2, -0.15) is 4.58 Å². The molecular weight excluding hydrogens is 198 g/mol. The fraction of sp³-hybridized carbons (Fsp3) is 0.200. The lowest BCUT2D eigenvalue weighted by atomic mass is 10.2. The van der Waals surface area contributed by atoms with E-state index >= 15 is 0 Å². The van der Waals surface area contributed by atoms with Crippen LogP contribution >= 0.6 is 12.2 Å². The predicted octanol–water partition coefficient (Wildman–Crippen LogP) is 1.68. The maximum Gasteiger partial charge on any atom is 0.377 e. The van der Waals surface area contributed by atoms with Crippen molar-refractivity contribution in [3.63, 3.8) is 0 Å². The molecule has 0 saturated heterocycles. The average Bonchev–Trinajstić information content (AvgIpc) is 2.27. The highest BCUT2D eigenvalue weighted by Gasteiger charge is 2.24.